The van der Waals surface area contributed by atoms with Crippen LogP contribution >= 0.6 is 0 Å². The number of benzene rings is 2. The summed E-state index contributed by atoms with van der Waals surface area (Å²) >= 11 is 0. The summed E-state index contributed by atoms with van der Waals surface area (Å²) in [4.78, 5) is 26.3. The van der Waals surface area contributed by atoms with E-state index in [1.165, 1.54) is 11.1 Å². The number of methoxy groups -OCH3 is 1. The predicted octanol–water partition coefficient (Wildman–Crippen LogP) is 5.14. The number of carbonyl (C=O) groups is 2. The first kappa shape index (κ1) is 27.4. The first-order valence-corrected chi connectivity index (χ1v) is 11.8. The highest BCUT2D eigenvalue weighted by Gasteiger charge is 2.18. The van der Waals surface area contributed by atoms with Crippen molar-refractivity contribution >= 4 is 11.8 Å². The van der Waals surface area contributed by atoms with Crippen LogP contribution < -0.4 is 9.47 Å². The van der Waals surface area contributed by atoms with Crippen molar-refractivity contribution in [3.05, 3.63) is 59.2 Å². The molecule has 0 heterocycles. The average molecular weight is 470 g/mol. The molecule has 0 atom stereocenters. The SMILES string of the molecule is COc1ccc(CN(C)CC(=O)OC(C)(C)C)c(OCCCC(=O)CCc2ccc(C)cc2)c1. The molecule has 6 nitrogen and oxygen atoms in total. The number of ketones is 1. The largest absolute Gasteiger partial charge is 0.497 e. The molecule has 0 aliphatic heterocycles. The predicted molar refractivity (Wildman–Crippen MR) is 134 cm³/mol. The number of nitrogens with zero attached hydrogens (tertiary/aromatic N) is 1. The van der Waals surface area contributed by atoms with E-state index in [1.54, 1.807) is 7.11 Å². The molecule has 2 rings (SSSR count). The molecule has 0 amide bonds. The number of Topliss-reactive ketones (excluding diaryl/α,β-unsaturated/α-hetero) is 1. The Balaban J connectivity index is 1.83. The highest BCUT2D eigenvalue weighted by molar-refractivity contribution is 5.78. The van der Waals surface area contributed by atoms with Gasteiger partial charge in [-0.1, -0.05) is 35.9 Å². The molecular weight excluding hydrogens is 430 g/mol. The van der Waals surface area contributed by atoms with Crippen LogP contribution in [0, 0.1) is 6.92 Å². The fraction of sp³-hybridized carbons (Fsp3) is 0.500. The third-order valence-corrected chi connectivity index (χ3v) is 5.20. The molecular formula is C28H39NO5. The molecule has 0 aliphatic rings. The molecule has 0 unspecified atom stereocenters. The van der Waals surface area contributed by atoms with Crippen molar-refractivity contribution < 1.29 is 23.8 Å². The first-order chi connectivity index (χ1) is 16.1. The van der Waals surface area contributed by atoms with Crippen LogP contribution in [-0.4, -0.2) is 49.6 Å². The molecule has 186 valence electrons. The van der Waals surface area contributed by atoms with Crippen molar-refractivity contribution in [1.82, 2.24) is 4.90 Å². The van der Waals surface area contributed by atoms with Crippen molar-refractivity contribution in [2.45, 2.75) is 65.5 Å². The van der Waals surface area contributed by atoms with Crippen molar-refractivity contribution in [2.24, 2.45) is 0 Å². The van der Waals surface area contributed by atoms with E-state index < -0.39 is 5.60 Å². The van der Waals surface area contributed by atoms with Crippen molar-refractivity contribution in [3.8, 4) is 11.5 Å². The Morgan fingerprint density at radius 2 is 1.71 bits per heavy atom. The summed E-state index contributed by atoms with van der Waals surface area (Å²) in [7, 11) is 3.48. The number of ether oxygens (including phenoxy) is 3. The maximum Gasteiger partial charge on any atom is 0.320 e. The van der Waals surface area contributed by atoms with Crippen LogP contribution in [0.5, 0.6) is 11.5 Å². The second-order valence-corrected chi connectivity index (χ2v) is 9.71. The van der Waals surface area contributed by atoms with E-state index in [2.05, 4.69) is 31.2 Å². The van der Waals surface area contributed by atoms with Gasteiger partial charge < -0.3 is 14.2 Å². The molecule has 0 saturated heterocycles. The summed E-state index contributed by atoms with van der Waals surface area (Å²) in [6.45, 7) is 8.76. The Morgan fingerprint density at radius 1 is 1.00 bits per heavy atom. The molecule has 2 aromatic carbocycles. The highest BCUT2D eigenvalue weighted by atomic mass is 16.6. The van der Waals surface area contributed by atoms with Crippen molar-refractivity contribution in [1.29, 1.82) is 0 Å². The molecule has 34 heavy (non-hydrogen) atoms. The van der Waals surface area contributed by atoms with Crippen LogP contribution in [0.2, 0.25) is 0 Å². The highest BCUT2D eigenvalue weighted by Crippen LogP contribution is 2.26. The van der Waals surface area contributed by atoms with Gasteiger partial charge in [-0.3, -0.25) is 14.5 Å². The zero-order valence-electron chi connectivity index (χ0n) is 21.5. The van der Waals surface area contributed by atoms with Crippen molar-refractivity contribution in [2.75, 3.05) is 27.3 Å². The number of hydrogen-bond acceptors (Lipinski definition) is 6. The van der Waals surface area contributed by atoms with E-state index in [0.29, 0.717) is 43.9 Å². The van der Waals surface area contributed by atoms with E-state index in [1.807, 2.05) is 50.9 Å². The summed E-state index contributed by atoms with van der Waals surface area (Å²) in [6.07, 6.45) is 2.45. The van der Waals surface area contributed by atoms with E-state index in [-0.39, 0.29) is 18.3 Å². The van der Waals surface area contributed by atoms with Gasteiger partial charge in [0.25, 0.3) is 0 Å². The Kier molecular flexibility index (Phi) is 10.6. The van der Waals surface area contributed by atoms with Gasteiger partial charge in [0.2, 0.25) is 0 Å². The smallest absolute Gasteiger partial charge is 0.320 e. The van der Waals surface area contributed by atoms with Gasteiger partial charge in [0, 0.05) is 31.0 Å². The molecule has 6 heteroatoms. The zero-order valence-corrected chi connectivity index (χ0v) is 21.5. The molecule has 0 aliphatic carbocycles. The maximum atomic E-state index is 12.3. The van der Waals surface area contributed by atoms with Crippen LogP contribution in [-0.2, 0) is 27.3 Å². The molecule has 0 spiro atoms. The van der Waals surface area contributed by atoms with Gasteiger partial charge in [-0.25, -0.2) is 0 Å². The lowest BCUT2D eigenvalue weighted by Crippen LogP contribution is -2.32. The average Bonchev–Trinajstić information content (AvgIpc) is 2.75. The minimum absolute atomic E-state index is 0.179. The summed E-state index contributed by atoms with van der Waals surface area (Å²) in [6, 6.07) is 14.0. The molecule has 0 saturated carbocycles. The van der Waals surface area contributed by atoms with Gasteiger partial charge in [0.1, 0.15) is 22.9 Å². The Hall–Kier alpha value is -2.86. The molecule has 0 radical (unpaired) electrons. The van der Waals surface area contributed by atoms with Crippen LogP contribution in [0.15, 0.2) is 42.5 Å². The summed E-state index contributed by atoms with van der Waals surface area (Å²) < 4.78 is 16.8. The second kappa shape index (κ2) is 13.1. The number of esters is 1. The van der Waals surface area contributed by atoms with E-state index >= 15 is 0 Å². The van der Waals surface area contributed by atoms with Gasteiger partial charge in [-0.05, 0) is 59.2 Å². The summed E-state index contributed by atoms with van der Waals surface area (Å²) in [5.41, 5.74) is 2.84. The van der Waals surface area contributed by atoms with Crippen molar-refractivity contribution in [3.63, 3.8) is 0 Å². The minimum Gasteiger partial charge on any atom is -0.497 e. The van der Waals surface area contributed by atoms with Crippen LogP contribution in [0.1, 0.15) is 56.7 Å². The van der Waals surface area contributed by atoms with Crippen LogP contribution in [0.3, 0.4) is 0 Å². The molecule has 0 fully saturated rings. The molecule has 0 bridgehead atoms. The fourth-order valence-corrected chi connectivity index (χ4v) is 3.48. The normalized spacial score (nSPS) is 11.4. The van der Waals surface area contributed by atoms with Gasteiger partial charge >= 0.3 is 5.97 Å². The van der Waals surface area contributed by atoms with E-state index in [9.17, 15) is 9.59 Å². The Labute approximate surface area is 204 Å². The molecule has 0 N–H and O–H groups in total. The summed E-state index contributed by atoms with van der Waals surface area (Å²) in [5.74, 6) is 1.37. The van der Waals surface area contributed by atoms with E-state index in [0.717, 1.165) is 12.0 Å². The minimum atomic E-state index is -0.510. The zero-order chi connectivity index (χ0) is 25.1. The quantitative estimate of drug-likeness (QED) is 0.299. The third kappa shape index (κ3) is 10.4. The number of carbonyl (C=O) groups excluding carboxylic acids is 2. The fourth-order valence-electron chi connectivity index (χ4n) is 3.48. The van der Waals surface area contributed by atoms with Gasteiger partial charge in [0.15, 0.2) is 0 Å². The topological polar surface area (TPSA) is 65.1 Å². The molecule has 0 aromatic heterocycles. The lowest BCUT2D eigenvalue weighted by atomic mass is 10.0. The third-order valence-electron chi connectivity index (χ3n) is 5.20. The van der Waals surface area contributed by atoms with Crippen LogP contribution in [0.25, 0.3) is 0 Å². The lowest BCUT2D eigenvalue weighted by Gasteiger charge is -2.23. The number of hydrogen-bond donors (Lipinski definition) is 0. The number of rotatable bonds is 13. The second-order valence-electron chi connectivity index (χ2n) is 9.71. The van der Waals surface area contributed by atoms with Gasteiger partial charge in [-0.15, -0.1) is 0 Å². The summed E-state index contributed by atoms with van der Waals surface area (Å²) in [5, 5.41) is 0. The standard InChI is InChI=1S/C28H39NO5/c1-21-9-11-22(12-10-21)13-15-24(30)8-7-17-33-26-18-25(32-6)16-14-23(26)19-29(5)20-27(31)34-28(2,3)4/h9-12,14,16,18H,7-8,13,15,17,19-20H2,1-6H3. The van der Waals surface area contributed by atoms with Gasteiger partial charge in [-0.2, -0.15) is 0 Å². The van der Waals surface area contributed by atoms with Gasteiger partial charge in [0.05, 0.1) is 20.3 Å². The maximum absolute atomic E-state index is 12.3. The Morgan fingerprint density at radius 3 is 2.35 bits per heavy atom. The number of likely N-dealkylation sites (N-methyl/N-ethyl adjacent to an activating group) is 1. The first-order valence-electron chi connectivity index (χ1n) is 11.8. The van der Waals surface area contributed by atoms with E-state index in [4.69, 9.17) is 14.2 Å². The monoisotopic (exact) mass is 469 g/mol. The molecule has 2 aromatic rings. The van der Waals surface area contributed by atoms with Crippen LogP contribution in [0.4, 0.5) is 0 Å². The lowest BCUT2D eigenvalue weighted by molar-refractivity contribution is -0.155. The number of aryl methyl sites for hydroxylation is 2. The Bertz CT molecular complexity index is 931.